The molecule has 1 aromatic rings. The number of likely N-dealkylation sites (tertiary alicyclic amines) is 1. The molecule has 172 valence electrons. The molecule has 0 aliphatic carbocycles. The van der Waals surface area contributed by atoms with Crippen molar-refractivity contribution in [3.63, 3.8) is 0 Å². The van der Waals surface area contributed by atoms with Gasteiger partial charge in [-0.25, -0.2) is 0 Å². The maximum atomic E-state index is 13.3. The molecule has 32 heavy (non-hydrogen) atoms. The van der Waals surface area contributed by atoms with E-state index in [0.717, 1.165) is 25.8 Å². The van der Waals surface area contributed by atoms with Crippen LogP contribution in [-0.4, -0.2) is 71.8 Å². The summed E-state index contributed by atoms with van der Waals surface area (Å²) in [6.45, 7) is 4.28. The van der Waals surface area contributed by atoms with Gasteiger partial charge in [-0.2, -0.15) is 0 Å². The number of carbonyl (C=O) groups excluding carboxylic acids is 3. The minimum Gasteiger partial charge on any atom is -0.348 e. The Kier molecular flexibility index (Phi) is 5.67. The van der Waals surface area contributed by atoms with Gasteiger partial charge in [0.05, 0.1) is 30.5 Å². The highest BCUT2D eigenvalue weighted by Gasteiger charge is 2.52. The highest BCUT2D eigenvalue weighted by Crippen LogP contribution is 2.44. The molecule has 4 aliphatic heterocycles. The van der Waals surface area contributed by atoms with Crippen molar-refractivity contribution in [2.24, 2.45) is 0 Å². The van der Waals surface area contributed by atoms with Crippen LogP contribution in [0.4, 0.5) is 5.69 Å². The van der Waals surface area contributed by atoms with Crippen LogP contribution in [0.2, 0.25) is 0 Å². The molecule has 2 unspecified atom stereocenters. The van der Waals surface area contributed by atoms with E-state index in [1.54, 1.807) is 15.9 Å². The number of piperidine rings is 1. The fourth-order valence-corrected chi connectivity index (χ4v) is 5.72. The van der Waals surface area contributed by atoms with E-state index in [1.807, 2.05) is 30.0 Å². The first-order valence-corrected chi connectivity index (χ1v) is 11.8. The van der Waals surface area contributed by atoms with Crippen molar-refractivity contribution < 1.29 is 23.9 Å². The number of hydrogen-bond donors (Lipinski definition) is 0. The SMILES string of the molecule is CC12CCC(=O)N1c1ccccc1C(=O)N2CCCC(=O)N1CCCCC1C1OCCO1. The lowest BCUT2D eigenvalue weighted by Crippen LogP contribution is -2.62. The van der Waals surface area contributed by atoms with Gasteiger partial charge in [0.15, 0.2) is 6.29 Å². The van der Waals surface area contributed by atoms with Crippen molar-refractivity contribution in [3.8, 4) is 0 Å². The molecule has 0 N–H and O–H groups in total. The average Bonchev–Trinajstić information content (AvgIpc) is 3.45. The molecule has 1 aromatic carbocycles. The Balaban J connectivity index is 1.28. The van der Waals surface area contributed by atoms with Crippen molar-refractivity contribution in [3.05, 3.63) is 29.8 Å². The lowest BCUT2D eigenvalue weighted by atomic mass is 9.97. The van der Waals surface area contributed by atoms with Gasteiger partial charge < -0.3 is 19.3 Å². The van der Waals surface area contributed by atoms with Gasteiger partial charge in [0, 0.05) is 25.9 Å². The minimum absolute atomic E-state index is 0.0253. The molecule has 0 bridgehead atoms. The summed E-state index contributed by atoms with van der Waals surface area (Å²) >= 11 is 0. The van der Waals surface area contributed by atoms with Crippen LogP contribution >= 0.6 is 0 Å². The molecule has 4 aliphatic rings. The number of benzene rings is 1. The van der Waals surface area contributed by atoms with Gasteiger partial charge >= 0.3 is 0 Å². The first-order valence-electron chi connectivity index (χ1n) is 11.8. The quantitative estimate of drug-likeness (QED) is 0.702. The summed E-state index contributed by atoms with van der Waals surface area (Å²) in [6.07, 6.45) is 4.57. The molecule has 0 radical (unpaired) electrons. The molecule has 0 saturated carbocycles. The smallest absolute Gasteiger partial charge is 0.257 e. The number of nitrogens with zero attached hydrogens (tertiary/aromatic N) is 3. The Labute approximate surface area is 188 Å². The summed E-state index contributed by atoms with van der Waals surface area (Å²) in [5.41, 5.74) is 0.575. The van der Waals surface area contributed by atoms with Crippen LogP contribution in [0.15, 0.2) is 24.3 Å². The summed E-state index contributed by atoms with van der Waals surface area (Å²) in [5.74, 6) is 0.0644. The Hall–Kier alpha value is -2.45. The van der Waals surface area contributed by atoms with Gasteiger partial charge in [-0.05, 0) is 51.2 Å². The molecule has 0 aromatic heterocycles. The predicted molar refractivity (Wildman–Crippen MR) is 117 cm³/mol. The molecule has 8 heteroatoms. The van der Waals surface area contributed by atoms with E-state index >= 15 is 0 Å². The molecule has 8 nitrogen and oxygen atoms in total. The molecule has 5 rings (SSSR count). The van der Waals surface area contributed by atoms with E-state index in [2.05, 4.69) is 0 Å². The van der Waals surface area contributed by atoms with Crippen LogP contribution in [0.3, 0.4) is 0 Å². The van der Waals surface area contributed by atoms with E-state index < -0.39 is 5.66 Å². The van der Waals surface area contributed by atoms with Crippen molar-refractivity contribution in [1.82, 2.24) is 9.80 Å². The number of rotatable bonds is 5. The molecule has 0 spiro atoms. The molecule has 4 heterocycles. The highest BCUT2D eigenvalue weighted by molar-refractivity contribution is 6.10. The van der Waals surface area contributed by atoms with Gasteiger partial charge in [-0.15, -0.1) is 0 Å². The van der Waals surface area contributed by atoms with Gasteiger partial charge in [0.25, 0.3) is 5.91 Å². The Morgan fingerprint density at radius 1 is 1.16 bits per heavy atom. The van der Waals surface area contributed by atoms with E-state index in [4.69, 9.17) is 9.47 Å². The van der Waals surface area contributed by atoms with Crippen LogP contribution in [0.5, 0.6) is 0 Å². The van der Waals surface area contributed by atoms with Crippen molar-refractivity contribution in [2.45, 2.75) is 69.9 Å². The standard InChI is InChI=1S/C24H31N3O5/c1-24-12-11-21(29)27(24)18-8-3-2-7-17(18)22(30)26(24)14-6-10-20(28)25-13-5-4-9-19(25)23-31-15-16-32-23/h2-3,7-8,19,23H,4-6,9-16H2,1H3. The third-order valence-corrected chi connectivity index (χ3v) is 7.35. The van der Waals surface area contributed by atoms with Gasteiger partial charge in [0.1, 0.15) is 5.66 Å². The number of ether oxygens (including phenoxy) is 2. The lowest BCUT2D eigenvalue weighted by Gasteiger charge is -2.48. The van der Waals surface area contributed by atoms with Crippen LogP contribution in [-0.2, 0) is 19.1 Å². The number of amides is 3. The third-order valence-electron chi connectivity index (χ3n) is 7.35. The second-order valence-electron chi connectivity index (χ2n) is 9.28. The van der Waals surface area contributed by atoms with Crippen molar-refractivity contribution in [2.75, 3.05) is 31.2 Å². The van der Waals surface area contributed by atoms with Crippen molar-refractivity contribution in [1.29, 1.82) is 0 Å². The second-order valence-corrected chi connectivity index (χ2v) is 9.28. The largest absolute Gasteiger partial charge is 0.348 e. The maximum Gasteiger partial charge on any atom is 0.257 e. The monoisotopic (exact) mass is 441 g/mol. The van der Waals surface area contributed by atoms with Crippen molar-refractivity contribution >= 4 is 23.4 Å². The van der Waals surface area contributed by atoms with Crippen LogP contribution in [0.1, 0.15) is 62.2 Å². The third kappa shape index (κ3) is 3.49. The zero-order valence-corrected chi connectivity index (χ0v) is 18.6. The lowest BCUT2D eigenvalue weighted by molar-refractivity contribution is -0.150. The van der Waals surface area contributed by atoms with Crippen LogP contribution in [0, 0.1) is 0 Å². The zero-order chi connectivity index (χ0) is 22.3. The Morgan fingerprint density at radius 2 is 1.94 bits per heavy atom. The summed E-state index contributed by atoms with van der Waals surface area (Å²) in [5, 5.41) is 0. The average molecular weight is 442 g/mol. The molecule has 3 saturated heterocycles. The van der Waals surface area contributed by atoms with E-state index in [9.17, 15) is 14.4 Å². The highest BCUT2D eigenvalue weighted by atomic mass is 16.7. The fraction of sp³-hybridized carbons (Fsp3) is 0.625. The van der Waals surface area contributed by atoms with Gasteiger partial charge in [0.2, 0.25) is 11.8 Å². The van der Waals surface area contributed by atoms with Crippen LogP contribution in [0.25, 0.3) is 0 Å². The number of para-hydroxylation sites is 1. The normalized spacial score (nSPS) is 28.3. The molecule has 3 fully saturated rings. The minimum atomic E-state index is -0.676. The number of fused-ring (bicyclic) bond motifs is 3. The Bertz CT molecular complexity index is 915. The van der Waals surface area contributed by atoms with Crippen LogP contribution < -0.4 is 4.90 Å². The summed E-state index contributed by atoms with van der Waals surface area (Å²) in [6, 6.07) is 7.28. The first kappa shape index (κ1) is 21.4. The first-order chi connectivity index (χ1) is 15.5. The van der Waals surface area contributed by atoms with E-state index in [1.165, 1.54) is 0 Å². The zero-order valence-electron chi connectivity index (χ0n) is 18.6. The molecule has 2 atom stereocenters. The Morgan fingerprint density at radius 3 is 2.75 bits per heavy atom. The maximum absolute atomic E-state index is 13.3. The second kappa shape index (κ2) is 8.48. The van der Waals surface area contributed by atoms with E-state index in [-0.39, 0.29) is 30.1 Å². The topological polar surface area (TPSA) is 79.4 Å². The summed E-state index contributed by atoms with van der Waals surface area (Å²) in [7, 11) is 0. The number of anilines is 1. The van der Waals surface area contributed by atoms with Gasteiger partial charge in [-0.1, -0.05) is 12.1 Å². The fourth-order valence-electron chi connectivity index (χ4n) is 5.72. The molecule has 3 amide bonds. The van der Waals surface area contributed by atoms with Gasteiger partial charge in [-0.3, -0.25) is 19.3 Å². The van der Waals surface area contributed by atoms with E-state index in [0.29, 0.717) is 56.7 Å². The molecular weight excluding hydrogens is 410 g/mol. The predicted octanol–water partition coefficient (Wildman–Crippen LogP) is 2.52. The number of hydrogen-bond acceptors (Lipinski definition) is 5. The number of carbonyl (C=O) groups is 3. The molecular formula is C24H31N3O5. The summed E-state index contributed by atoms with van der Waals surface area (Å²) in [4.78, 5) is 44.6. The summed E-state index contributed by atoms with van der Waals surface area (Å²) < 4.78 is 11.4.